The van der Waals surface area contributed by atoms with Gasteiger partial charge >= 0.3 is 11.8 Å². The van der Waals surface area contributed by atoms with Gasteiger partial charge in [0.2, 0.25) is 0 Å². The summed E-state index contributed by atoms with van der Waals surface area (Å²) in [7, 11) is 1.83. The second kappa shape index (κ2) is 8.52. The van der Waals surface area contributed by atoms with Crippen molar-refractivity contribution in [2.75, 3.05) is 6.54 Å². The van der Waals surface area contributed by atoms with Crippen LogP contribution in [0.25, 0.3) is 0 Å². The van der Waals surface area contributed by atoms with Gasteiger partial charge in [0, 0.05) is 37.1 Å². The number of hydrogen-bond donors (Lipinski definition) is 3. The third kappa shape index (κ3) is 4.84. The average Bonchev–Trinajstić information content (AvgIpc) is 2.99. The van der Waals surface area contributed by atoms with Crippen molar-refractivity contribution in [2.24, 2.45) is 7.05 Å². The molecule has 1 aromatic heterocycles. The molecule has 0 aliphatic carbocycles. The Kier molecular flexibility index (Phi) is 6.40. The van der Waals surface area contributed by atoms with Crippen molar-refractivity contribution in [3.8, 4) is 0 Å². The van der Waals surface area contributed by atoms with E-state index < -0.39 is 17.9 Å². The summed E-state index contributed by atoms with van der Waals surface area (Å²) >= 11 is 5.99. The van der Waals surface area contributed by atoms with Crippen LogP contribution in [0.1, 0.15) is 23.8 Å². The van der Waals surface area contributed by atoms with Gasteiger partial charge in [-0.05, 0) is 30.2 Å². The largest absolute Gasteiger partial charge is 0.387 e. The van der Waals surface area contributed by atoms with E-state index in [2.05, 4.69) is 10.6 Å². The zero-order valence-electron chi connectivity index (χ0n) is 13.3. The highest BCUT2D eigenvalue weighted by molar-refractivity contribution is 6.35. The van der Waals surface area contributed by atoms with Crippen LogP contribution < -0.4 is 10.6 Å². The molecule has 0 aliphatic rings. The molecule has 0 saturated carbocycles. The Hall–Kier alpha value is -2.31. The number of halogens is 1. The zero-order chi connectivity index (χ0) is 17.5. The Bertz CT molecular complexity index is 715. The van der Waals surface area contributed by atoms with Crippen molar-refractivity contribution in [1.82, 2.24) is 15.2 Å². The van der Waals surface area contributed by atoms with Crippen LogP contribution in [0.4, 0.5) is 0 Å². The second-order valence-electron chi connectivity index (χ2n) is 5.38. The molecule has 0 saturated heterocycles. The quantitative estimate of drug-likeness (QED) is 0.692. The normalized spacial score (nSPS) is 11.8. The van der Waals surface area contributed by atoms with E-state index in [0.717, 1.165) is 11.3 Å². The summed E-state index contributed by atoms with van der Waals surface area (Å²) in [6.45, 7) is 0.378. The molecule has 24 heavy (non-hydrogen) atoms. The Morgan fingerprint density at radius 1 is 1.17 bits per heavy atom. The van der Waals surface area contributed by atoms with Gasteiger partial charge in [0.1, 0.15) is 0 Å². The van der Waals surface area contributed by atoms with Gasteiger partial charge in [0.25, 0.3) is 0 Å². The molecule has 2 amide bonds. The van der Waals surface area contributed by atoms with Gasteiger partial charge < -0.3 is 20.3 Å². The van der Waals surface area contributed by atoms with Crippen molar-refractivity contribution < 1.29 is 14.7 Å². The van der Waals surface area contributed by atoms with E-state index in [-0.39, 0.29) is 13.1 Å². The van der Waals surface area contributed by atoms with Crippen molar-refractivity contribution in [2.45, 2.75) is 19.1 Å². The lowest BCUT2D eigenvalue weighted by atomic mass is 10.2. The number of nitrogens with one attached hydrogen (secondary N) is 2. The summed E-state index contributed by atoms with van der Waals surface area (Å²) in [5.74, 6) is -1.47. The molecule has 0 aliphatic heterocycles. The molecule has 128 valence electrons. The number of carbonyl (C=O) groups excluding carboxylic acids is 2. The first-order valence-corrected chi connectivity index (χ1v) is 7.95. The van der Waals surface area contributed by atoms with Gasteiger partial charge in [-0.1, -0.05) is 29.8 Å². The Labute approximate surface area is 145 Å². The van der Waals surface area contributed by atoms with Crippen LogP contribution in [-0.2, 0) is 23.2 Å². The number of aromatic nitrogens is 1. The van der Waals surface area contributed by atoms with Gasteiger partial charge in [-0.15, -0.1) is 0 Å². The van der Waals surface area contributed by atoms with Crippen LogP contribution in [-0.4, -0.2) is 28.0 Å². The summed E-state index contributed by atoms with van der Waals surface area (Å²) in [6, 6.07) is 10.7. The molecule has 0 spiro atoms. The van der Waals surface area contributed by atoms with Gasteiger partial charge in [-0.25, -0.2) is 0 Å². The molecule has 0 radical (unpaired) electrons. The molecular weight excluding hydrogens is 330 g/mol. The summed E-state index contributed by atoms with van der Waals surface area (Å²) < 4.78 is 1.81. The van der Waals surface area contributed by atoms with E-state index in [1.165, 1.54) is 0 Å². The molecule has 1 atom stereocenters. The Morgan fingerprint density at radius 3 is 2.54 bits per heavy atom. The van der Waals surface area contributed by atoms with Gasteiger partial charge in [-0.3, -0.25) is 9.59 Å². The number of aliphatic hydroxyl groups excluding tert-OH is 1. The maximum atomic E-state index is 11.8. The minimum Gasteiger partial charge on any atom is -0.387 e. The molecule has 1 unspecified atom stereocenters. The highest BCUT2D eigenvalue weighted by Crippen LogP contribution is 2.15. The predicted molar refractivity (Wildman–Crippen MR) is 91.3 cm³/mol. The second-order valence-corrected chi connectivity index (χ2v) is 5.79. The molecule has 2 aromatic rings. The summed E-state index contributed by atoms with van der Waals surface area (Å²) in [4.78, 5) is 23.5. The van der Waals surface area contributed by atoms with Crippen LogP contribution in [0.3, 0.4) is 0 Å². The van der Waals surface area contributed by atoms with Crippen LogP contribution >= 0.6 is 11.6 Å². The lowest BCUT2D eigenvalue weighted by molar-refractivity contribution is -0.139. The fourth-order valence-corrected chi connectivity index (χ4v) is 2.47. The first-order chi connectivity index (χ1) is 11.5. The monoisotopic (exact) mass is 349 g/mol. The van der Waals surface area contributed by atoms with E-state index in [0.29, 0.717) is 11.4 Å². The average molecular weight is 350 g/mol. The molecule has 1 aromatic carbocycles. The van der Waals surface area contributed by atoms with E-state index in [1.54, 1.807) is 24.3 Å². The van der Waals surface area contributed by atoms with Crippen LogP contribution in [0, 0.1) is 0 Å². The molecule has 6 nitrogen and oxygen atoms in total. The first kappa shape index (κ1) is 18.0. The number of rotatable bonds is 6. The summed E-state index contributed by atoms with van der Waals surface area (Å²) in [6.07, 6.45) is 1.46. The SMILES string of the molecule is Cn1cccc1C(O)CCNC(=O)C(=O)NCc1ccccc1Cl. The molecule has 1 heterocycles. The van der Waals surface area contributed by atoms with Gasteiger partial charge in [0.05, 0.1) is 6.10 Å². The van der Waals surface area contributed by atoms with E-state index >= 15 is 0 Å². The van der Waals surface area contributed by atoms with Crippen LogP contribution in [0.15, 0.2) is 42.6 Å². The number of carbonyl (C=O) groups is 2. The fourth-order valence-electron chi connectivity index (χ4n) is 2.27. The topological polar surface area (TPSA) is 83.4 Å². The van der Waals surface area contributed by atoms with Gasteiger partial charge in [0.15, 0.2) is 0 Å². The van der Waals surface area contributed by atoms with E-state index in [4.69, 9.17) is 11.6 Å². The summed E-state index contributed by atoms with van der Waals surface area (Å²) in [5.41, 5.74) is 1.49. The highest BCUT2D eigenvalue weighted by Gasteiger charge is 2.15. The Balaban J connectivity index is 1.73. The maximum Gasteiger partial charge on any atom is 0.309 e. The molecular formula is C17H20ClN3O3. The number of amides is 2. The first-order valence-electron chi connectivity index (χ1n) is 7.57. The number of aryl methyl sites for hydroxylation is 1. The Morgan fingerprint density at radius 2 is 1.88 bits per heavy atom. The van der Waals surface area contributed by atoms with E-state index in [9.17, 15) is 14.7 Å². The molecule has 0 bridgehead atoms. The highest BCUT2D eigenvalue weighted by atomic mass is 35.5. The molecule has 0 fully saturated rings. The minimum atomic E-state index is -0.735. The minimum absolute atomic E-state index is 0.178. The van der Waals surface area contributed by atoms with Crippen molar-refractivity contribution in [3.63, 3.8) is 0 Å². The van der Waals surface area contributed by atoms with Gasteiger partial charge in [-0.2, -0.15) is 0 Å². The van der Waals surface area contributed by atoms with E-state index in [1.807, 2.05) is 29.9 Å². The number of hydrogen-bond acceptors (Lipinski definition) is 3. The maximum absolute atomic E-state index is 11.8. The van der Waals surface area contributed by atoms with Crippen molar-refractivity contribution in [1.29, 1.82) is 0 Å². The number of nitrogens with zero attached hydrogens (tertiary/aromatic N) is 1. The number of aliphatic hydroxyl groups is 1. The van der Waals surface area contributed by atoms with Crippen LogP contribution in [0.2, 0.25) is 5.02 Å². The molecule has 3 N–H and O–H groups in total. The lowest BCUT2D eigenvalue weighted by Gasteiger charge is -2.12. The standard InChI is InChI=1S/C17H20ClN3O3/c1-21-10-4-7-14(21)15(22)8-9-19-16(23)17(24)20-11-12-5-2-3-6-13(12)18/h2-7,10,15,22H,8-9,11H2,1H3,(H,19,23)(H,20,24). The zero-order valence-corrected chi connectivity index (χ0v) is 14.1. The van der Waals surface area contributed by atoms with Crippen molar-refractivity contribution >= 4 is 23.4 Å². The third-order valence-corrected chi connectivity index (χ3v) is 4.00. The third-order valence-electron chi connectivity index (χ3n) is 3.63. The lowest BCUT2D eigenvalue weighted by Crippen LogP contribution is -2.40. The summed E-state index contributed by atoms with van der Waals surface area (Å²) in [5, 5.41) is 15.6. The fraction of sp³-hybridized carbons (Fsp3) is 0.294. The van der Waals surface area contributed by atoms with Crippen LogP contribution in [0.5, 0.6) is 0 Å². The number of benzene rings is 1. The predicted octanol–water partition coefficient (Wildman–Crippen LogP) is 1.53. The molecule has 7 heteroatoms. The smallest absolute Gasteiger partial charge is 0.309 e. The molecule has 2 rings (SSSR count). The van der Waals surface area contributed by atoms with Crippen molar-refractivity contribution in [3.05, 3.63) is 58.9 Å².